The van der Waals surface area contributed by atoms with Crippen LogP contribution in [0.3, 0.4) is 0 Å². The summed E-state index contributed by atoms with van der Waals surface area (Å²) in [7, 11) is 2.13. The highest BCUT2D eigenvalue weighted by atomic mass is 31.0. The van der Waals surface area contributed by atoms with Gasteiger partial charge in [0.2, 0.25) is 0 Å². The van der Waals surface area contributed by atoms with Crippen LogP contribution in [0, 0.1) is 11.8 Å². The molecule has 3 unspecified atom stereocenters. The zero-order valence-corrected chi connectivity index (χ0v) is 11.0. The van der Waals surface area contributed by atoms with Crippen LogP contribution in [0.4, 0.5) is 0 Å². The van der Waals surface area contributed by atoms with Crippen LogP contribution in [0.2, 0.25) is 0 Å². The summed E-state index contributed by atoms with van der Waals surface area (Å²) in [6.45, 7) is 8.41. The van der Waals surface area contributed by atoms with Crippen LogP contribution in [0.1, 0.15) is 26.7 Å². The van der Waals surface area contributed by atoms with Crippen LogP contribution in [0.15, 0.2) is 12.3 Å². The highest BCUT2D eigenvalue weighted by molar-refractivity contribution is 7.10. The monoisotopic (exact) mass is 245 g/mol. The first-order valence-electron chi connectivity index (χ1n) is 5.41. The smallest absolute Gasteiger partial charge is 0.308 e. The number of allylic oxidation sites excluding steroid dienone is 1. The van der Waals surface area contributed by atoms with Gasteiger partial charge in [-0.3, -0.25) is 4.79 Å². The number of rotatable bonds is 3. The van der Waals surface area contributed by atoms with E-state index in [0.717, 1.165) is 12.8 Å². The maximum Gasteiger partial charge on any atom is 0.308 e. The Morgan fingerprint density at radius 1 is 1.56 bits per heavy atom. The van der Waals surface area contributed by atoms with Gasteiger partial charge in [0.1, 0.15) is 0 Å². The van der Waals surface area contributed by atoms with Crippen molar-refractivity contribution < 1.29 is 14.4 Å². The van der Waals surface area contributed by atoms with Gasteiger partial charge in [-0.05, 0) is 26.7 Å². The van der Waals surface area contributed by atoms with Crippen LogP contribution in [0.5, 0.6) is 0 Å². The molecule has 0 spiro atoms. The first kappa shape index (κ1) is 13.5. The fraction of sp³-hybridized carbons (Fsp3) is 0.727. The SMILES string of the molecule is C=C(OP)C1CCC(C)(C)NCC1C(=O)O. The molecular weight excluding hydrogens is 225 g/mol. The molecule has 1 fully saturated rings. The maximum atomic E-state index is 11.2. The van der Waals surface area contributed by atoms with Crippen LogP contribution >= 0.6 is 9.47 Å². The Hall–Kier alpha value is -0.600. The van der Waals surface area contributed by atoms with Crippen LogP contribution in [-0.4, -0.2) is 23.2 Å². The third-order valence-corrected chi connectivity index (χ3v) is 3.55. The van der Waals surface area contributed by atoms with Gasteiger partial charge in [0.25, 0.3) is 0 Å². The summed E-state index contributed by atoms with van der Waals surface area (Å²) in [5, 5.41) is 12.5. The molecule has 3 atom stereocenters. The molecule has 0 amide bonds. The van der Waals surface area contributed by atoms with Crippen LogP contribution < -0.4 is 5.32 Å². The minimum atomic E-state index is -0.793. The second kappa shape index (κ2) is 5.15. The molecule has 1 aliphatic rings. The van der Waals surface area contributed by atoms with Gasteiger partial charge < -0.3 is 14.9 Å². The van der Waals surface area contributed by atoms with E-state index in [1.807, 2.05) is 0 Å². The lowest BCUT2D eigenvalue weighted by molar-refractivity contribution is -0.143. The molecule has 16 heavy (non-hydrogen) atoms. The van der Waals surface area contributed by atoms with E-state index in [-0.39, 0.29) is 11.5 Å². The van der Waals surface area contributed by atoms with Crippen molar-refractivity contribution in [1.29, 1.82) is 0 Å². The second-order valence-electron chi connectivity index (χ2n) is 4.94. The number of nitrogens with one attached hydrogen (secondary N) is 1. The molecule has 1 heterocycles. The van der Waals surface area contributed by atoms with Crippen LogP contribution in [0.25, 0.3) is 0 Å². The molecule has 0 bridgehead atoms. The quantitative estimate of drug-likeness (QED) is 0.588. The van der Waals surface area contributed by atoms with Crippen molar-refractivity contribution in [3.8, 4) is 0 Å². The molecule has 1 rings (SSSR count). The van der Waals surface area contributed by atoms with E-state index < -0.39 is 11.9 Å². The lowest BCUT2D eigenvalue weighted by atomic mass is 9.86. The molecule has 0 saturated carbocycles. The van der Waals surface area contributed by atoms with E-state index in [4.69, 9.17) is 4.52 Å². The Balaban J connectivity index is 2.85. The zero-order valence-electron chi connectivity index (χ0n) is 9.82. The number of aliphatic carboxylic acids is 1. The first-order chi connectivity index (χ1) is 7.37. The molecule has 1 aliphatic heterocycles. The maximum absolute atomic E-state index is 11.2. The Kier molecular flexibility index (Phi) is 4.34. The summed E-state index contributed by atoms with van der Waals surface area (Å²) in [6.07, 6.45) is 1.69. The largest absolute Gasteiger partial charge is 0.485 e. The topological polar surface area (TPSA) is 58.6 Å². The van der Waals surface area contributed by atoms with Crippen molar-refractivity contribution in [2.45, 2.75) is 32.2 Å². The first-order valence-corrected chi connectivity index (χ1v) is 5.88. The summed E-state index contributed by atoms with van der Waals surface area (Å²) in [6, 6.07) is 0. The van der Waals surface area contributed by atoms with E-state index in [2.05, 4.69) is 35.2 Å². The normalized spacial score (nSPS) is 29.2. The van der Waals surface area contributed by atoms with Crippen molar-refractivity contribution in [3.05, 3.63) is 12.3 Å². The molecule has 1 saturated heterocycles. The van der Waals surface area contributed by atoms with Crippen molar-refractivity contribution in [2.75, 3.05) is 6.54 Å². The summed E-state index contributed by atoms with van der Waals surface area (Å²) in [5.41, 5.74) is -0.0242. The average Bonchev–Trinajstić information content (AvgIpc) is 2.35. The van der Waals surface area contributed by atoms with Crippen molar-refractivity contribution in [1.82, 2.24) is 5.32 Å². The van der Waals surface area contributed by atoms with E-state index in [1.165, 1.54) is 0 Å². The lowest BCUT2D eigenvalue weighted by Crippen LogP contribution is -2.41. The molecule has 0 aromatic heterocycles. The molecule has 0 aromatic rings. The minimum Gasteiger partial charge on any atom is -0.485 e. The number of carboxylic acids is 1. The Morgan fingerprint density at radius 2 is 2.19 bits per heavy atom. The molecule has 0 aliphatic carbocycles. The summed E-state index contributed by atoms with van der Waals surface area (Å²) in [4.78, 5) is 11.2. The molecule has 0 aromatic carbocycles. The molecular formula is C11H20NO3P. The van der Waals surface area contributed by atoms with Gasteiger partial charge in [-0.15, -0.1) is 0 Å². The highest BCUT2D eigenvalue weighted by Crippen LogP contribution is 2.32. The Morgan fingerprint density at radius 3 is 2.69 bits per heavy atom. The number of hydrogen-bond acceptors (Lipinski definition) is 3. The van der Waals surface area contributed by atoms with Crippen molar-refractivity contribution >= 4 is 15.4 Å². The third-order valence-electron chi connectivity index (χ3n) is 3.25. The van der Waals surface area contributed by atoms with Crippen LogP contribution in [-0.2, 0) is 9.32 Å². The summed E-state index contributed by atoms with van der Waals surface area (Å²) >= 11 is 0. The third kappa shape index (κ3) is 3.19. The van der Waals surface area contributed by atoms with Gasteiger partial charge in [0.05, 0.1) is 21.1 Å². The second-order valence-corrected chi connectivity index (χ2v) is 5.17. The van der Waals surface area contributed by atoms with Crippen molar-refractivity contribution in [2.24, 2.45) is 11.8 Å². The number of hydrogen-bond donors (Lipinski definition) is 2. The van der Waals surface area contributed by atoms with E-state index in [1.54, 1.807) is 0 Å². The summed E-state index contributed by atoms with van der Waals surface area (Å²) in [5.74, 6) is -0.839. The van der Waals surface area contributed by atoms with E-state index in [0.29, 0.717) is 12.3 Å². The standard InChI is InChI=1S/C11H20NO3P/c1-7(15-16)8-4-5-11(2,3)12-6-9(8)10(13)14/h8-9,12H,1,4-6,16H2,2-3H3,(H,13,14). The predicted octanol–water partition coefficient (Wildman–Crippen LogP) is 1.79. The number of carbonyl (C=O) groups is 1. The lowest BCUT2D eigenvalue weighted by Gasteiger charge is -2.23. The van der Waals surface area contributed by atoms with Gasteiger partial charge >= 0.3 is 5.97 Å². The Labute approximate surface area is 98.7 Å². The fourth-order valence-electron chi connectivity index (χ4n) is 2.07. The molecule has 0 radical (unpaired) electrons. The average molecular weight is 245 g/mol. The van der Waals surface area contributed by atoms with Crippen molar-refractivity contribution in [3.63, 3.8) is 0 Å². The molecule has 2 N–H and O–H groups in total. The van der Waals surface area contributed by atoms with Gasteiger partial charge in [-0.2, -0.15) is 0 Å². The van der Waals surface area contributed by atoms with Gasteiger partial charge in [-0.25, -0.2) is 0 Å². The van der Waals surface area contributed by atoms with Gasteiger partial charge in [0, 0.05) is 18.0 Å². The van der Waals surface area contributed by atoms with E-state index in [9.17, 15) is 9.90 Å². The zero-order chi connectivity index (χ0) is 12.3. The predicted molar refractivity (Wildman–Crippen MR) is 65.9 cm³/mol. The number of carboxylic acid groups (broad SMARTS) is 1. The fourth-order valence-corrected chi connectivity index (χ4v) is 2.24. The van der Waals surface area contributed by atoms with E-state index >= 15 is 0 Å². The molecule has 92 valence electrons. The molecule has 4 nitrogen and oxygen atoms in total. The summed E-state index contributed by atoms with van der Waals surface area (Å²) < 4.78 is 5.02. The molecule has 5 heteroatoms. The van der Waals surface area contributed by atoms with Gasteiger partial charge in [-0.1, -0.05) is 6.58 Å². The highest BCUT2D eigenvalue weighted by Gasteiger charge is 2.36. The van der Waals surface area contributed by atoms with Gasteiger partial charge in [0.15, 0.2) is 0 Å². The Bertz CT molecular complexity index is 291. The minimum absolute atomic E-state index is 0.0242.